The number of carbonyl (C=O) groups excluding carboxylic acids is 1. The first kappa shape index (κ1) is 12.4. The van der Waals surface area contributed by atoms with Gasteiger partial charge in [-0.05, 0) is 0 Å². The molecule has 0 bridgehead atoms. The zero-order valence-corrected chi connectivity index (χ0v) is 12.5. The third-order valence-electron chi connectivity index (χ3n) is 3.01. The van der Waals surface area contributed by atoms with Crippen molar-refractivity contribution >= 4 is 41.2 Å². The molecule has 96 valence electrons. The van der Waals surface area contributed by atoms with E-state index in [2.05, 4.69) is 25.1 Å². The summed E-state index contributed by atoms with van der Waals surface area (Å²) < 4.78 is 6.84. The molecule has 0 radical (unpaired) electrons. The molecule has 2 heterocycles. The number of carbonyl (C=O) groups is 1. The van der Waals surface area contributed by atoms with Gasteiger partial charge in [-0.3, -0.25) is 0 Å². The molecule has 3 rings (SSSR count). The van der Waals surface area contributed by atoms with Gasteiger partial charge in [0.05, 0.1) is 0 Å². The molecule has 2 aromatic heterocycles. The summed E-state index contributed by atoms with van der Waals surface area (Å²) in [5, 5.41) is 2.18. The van der Waals surface area contributed by atoms with Crippen LogP contribution in [0.5, 0.6) is 0 Å². The first-order valence-electron chi connectivity index (χ1n) is 6.16. The molecule has 0 saturated heterocycles. The Kier molecular flexibility index (Phi) is 3.13. The number of aromatic nitrogens is 1. The number of pyridine rings is 1. The molecule has 3 nitrogen and oxygen atoms in total. The van der Waals surface area contributed by atoms with Crippen LogP contribution in [0.25, 0.3) is 20.7 Å². The van der Waals surface area contributed by atoms with Gasteiger partial charge in [0.25, 0.3) is 0 Å². The molecule has 0 saturated carbocycles. The van der Waals surface area contributed by atoms with Crippen molar-refractivity contribution in [2.45, 2.75) is 13.8 Å². The van der Waals surface area contributed by atoms with Crippen LogP contribution in [0.3, 0.4) is 0 Å². The quantitative estimate of drug-likeness (QED) is 0.539. The molecule has 4 heteroatoms. The van der Waals surface area contributed by atoms with E-state index >= 15 is 0 Å². The second kappa shape index (κ2) is 4.80. The van der Waals surface area contributed by atoms with Crippen LogP contribution in [-0.2, 0) is 4.74 Å². The van der Waals surface area contributed by atoms with Crippen molar-refractivity contribution in [3.8, 4) is 0 Å². The van der Waals surface area contributed by atoms with Crippen LogP contribution in [0, 0.1) is 6.92 Å². The molecule has 0 aliphatic heterocycles. The summed E-state index contributed by atoms with van der Waals surface area (Å²) in [4.78, 5) is 16.5. The summed E-state index contributed by atoms with van der Waals surface area (Å²) >= 11 is -0.0436. The molecule has 0 N–H and O–H groups in total. The van der Waals surface area contributed by atoms with Crippen LogP contribution in [-0.4, -0.2) is 32.1 Å². The molecule has 0 amide bonds. The summed E-state index contributed by atoms with van der Waals surface area (Å²) in [6, 6.07) is 10.2. The molecular weight excluding hydrogens is 305 g/mol. The van der Waals surface area contributed by atoms with E-state index in [0.717, 1.165) is 25.1 Å². The van der Waals surface area contributed by atoms with Crippen molar-refractivity contribution in [3.63, 3.8) is 0 Å². The van der Waals surface area contributed by atoms with Gasteiger partial charge < -0.3 is 0 Å². The molecule has 1 aromatic carbocycles. The number of nitrogens with zero attached hydrogens (tertiary/aromatic N) is 1. The zero-order valence-electron chi connectivity index (χ0n) is 10.8. The summed E-state index contributed by atoms with van der Waals surface area (Å²) in [5.74, 6) is -0.207. The third kappa shape index (κ3) is 2.18. The SMILES string of the molecule is CCOC(=O)c1cc2cc3cccc(C)c3nc2[se]1. The molecule has 0 fully saturated rings. The summed E-state index contributed by atoms with van der Waals surface area (Å²) in [6.07, 6.45) is 0. The van der Waals surface area contributed by atoms with Crippen molar-refractivity contribution in [1.82, 2.24) is 4.98 Å². The first-order valence-corrected chi connectivity index (χ1v) is 7.87. The number of hydrogen-bond acceptors (Lipinski definition) is 3. The molecule has 0 spiro atoms. The fourth-order valence-electron chi connectivity index (χ4n) is 2.11. The second-order valence-electron chi connectivity index (χ2n) is 4.36. The zero-order chi connectivity index (χ0) is 13.4. The predicted octanol–water partition coefficient (Wildman–Crippen LogP) is 2.93. The van der Waals surface area contributed by atoms with Crippen molar-refractivity contribution in [3.05, 3.63) is 40.3 Å². The van der Waals surface area contributed by atoms with Gasteiger partial charge in [0, 0.05) is 0 Å². The number of rotatable bonds is 2. The Morgan fingerprint density at radius 2 is 2.16 bits per heavy atom. The Bertz CT molecular complexity index is 776. The van der Waals surface area contributed by atoms with Crippen molar-refractivity contribution in [2.24, 2.45) is 0 Å². The molecule has 0 unspecified atom stereocenters. The van der Waals surface area contributed by atoms with E-state index in [4.69, 9.17) is 9.72 Å². The van der Waals surface area contributed by atoms with E-state index in [1.165, 1.54) is 5.56 Å². The average molecular weight is 318 g/mol. The molecule has 3 aromatic rings. The summed E-state index contributed by atoms with van der Waals surface area (Å²) in [6.45, 7) is 4.30. The van der Waals surface area contributed by atoms with E-state index in [-0.39, 0.29) is 20.5 Å². The van der Waals surface area contributed by atoms with E-state index in [1.54, 1.807) is 0 Å². The Morgan fingerprint density at radius 3 is 2.95 bits per heavy atom. The number of fused-ring (bicyclic) bond motifs is 2. The Labute approximate surface area is 117 Å². The fraction of sp³-hybridized carbons (Fsp3) is 0.200. The minimum atomic E-state index is -0.207. The standard InChI is InChI=1S/C15H13NO2Se/c1-3-18-15(17)12-8-11-7-10-6-4-5-9(2)13(10)16-14(11)19-12/h4-8H,3H2,1-2H3. The Balaban J connectivity index is 2.20. The third-order valence-corrected chi connectivity index (χ3v) is 5.16. The number of benzene rings is 1. The maximum absolute atomic E-state index is 11.8. The maximum atomic E-state index is 11.8. The van der Waals surface area contributed by atoms with Crippen LogP contribution in [0.2, 0.25) is 0 Å². The van der Waals surface area contributed by atoms with Gasteiger partial charge in [0.1, 0.15) is 0 Å². The average Bonchev–Trinajstić information content (AvgIpc) is 2.80. The fourth-order valence-corrected chi connectivity index (χ4v) is 4.02. The number of para-hydroxylation sites is 1. The van der Waals surface area contributed by atoms with Gasteiger partial charge in [-0.2, -0.15) is 0 Å². The number of ether oxygens (including phenoxy) is 1. The predicted molar refractivity (Wildman–Crippen MR) is 76.9 cm³/mol. The second-order valence-corrected chi connectivity index (χ2v) is 6.52. The van der Waals surface area contributed by atoms with E-state index in [0.29, 0.717) is 6.61 Å². The number of hydrogen-bond donors (Lipinski definition) is 0. The molecular formula is C15H13NO2Se. The van der Waals surface area contributed by atoms with E-state index in [1.807, 2.05) is 19.1 Å². The Hall–Kier alpha value is -1.64. The van der Waals surface area contributed by atoms with Gasteiger partial charge in [0.15, 0.2) is 0 Å². The summed E-state index contributed by atoms with van der Waals surface area (Å²) in [7, 11) is 0. The van der Waals surface area contributed by atoms with Crippen molar-refractivity contribution in [1.29, 1.82) is 0 Å². The minimum absolute atomic E-state index is 0.0436. The van der Waals surface area contributed by atoms with Crippen LogP contribution < -0.4 is 0 Å². The van der Waals surface area contributed by atoms with Crippen LogP contribution in [0.1, 0.15) is 21.7 Å². The summed E-state index contributed by atoms with van der Waals surface area (Å²) in [5.41, 5.74) is 2.20. The van der Waals surface area contributed by atoms with E-state index in [9.17, 15) is 4.79 Å². The Morgan fingerprint density at radius 1 is 1.32 bits per heavy atom. The van der Waals surface area contributed by atoms with Crippen molar-refractivity contribution in [2.75, 3.05) is 6.61 Å². The van der Waals surface area contributed by atoms with Crippen LogP contribution in [0.15, 0.2) is 30.3 Å². The first-order chi connectivity index (χ1) is 9.19. The number of esters is 1. The van der Waals surface area contributed by atoms with Gasteiger partial charge in [-0.1, -0.05) is 0 Å². The normalized spacial score (nSPS) is 11.1. The van der Waals surface area contributed by atoms with E-state index < -0.39 is 0 Å². The monoisotopic (exact) mass is 319 g/mol. The van der Waals surface area contributed by atoms with Crippen molar-refractivity contribution < 1.29 is 9.53 Å². The number of aryl methyl sites for hydroxylation is 1. The molecule has 19 heavy (non-hydrogen) atoms. The van der Waals surface area contributed by atoms with Gasteiger partial charge in [-0.25, -0.2) is 0 Å². The van der Waals surface area contributed by atoms with Gasteiger partial charge in [-0.15, -0.1) is 0 Å². The molecule has 0 aliphatic rings. The molecule has 0 atom stereocenters. The van der Waals surface area contributed by atoms with Crippen LogP contribution >= 0.6 is 0 Å². The topological polar surface area (TPSA) is 39.2 Å². The van der Waals surface area contributed by atoms with Gasteiger partial charge >= 0.3 is 116 Å². The van der Waals surface area contributed by atoms with Crippen LogP contribution in [0.4, 0.5) is 0 Å². The van der Waals surface area contributed by atoms with Gasteiger partial charge in [0.2, 0.25) is 0 Å². The molecule has 0 aliphatic carbocycles.